The molecule has 5 rings (SSSR count). The van der Waals surface area contributed by atoms with Gasteiger partial charge >= 0.3 is 0 Å². The van der Waals surface area contributed by atoms with E-state index in [1.807, 2.05) is 6.33 Å². The lowest BCUT2D eigenvalue weighted by Gasteiger charge is -2.22. The zero-order valence-electron chi connectivity index (χ0n) is 18.0. The van der Waals surface area contributed by atoms with Gasteiger partial charge in [-0.2, -0.15) is 0 Å². The van der Waals surface area contributed by atoms with Gasteiger partial charge < -0.3 is 0 Å². The summed E-state index contributed by atoms with van der Waals surface area (Å²) in [7, 11) is 0. The normalized spacial score (nSPS) is 18.2. The van der Waals surface area contributed by atoms with Crippen LogP contribution >= 0.6 is 0 Å². The van der Waals surface area contributed by atoms with Crippen molar-refractivity contribution >= 4 is 27.6 Å². The third kappa shape index (κ3) is 2.22. The molecule has 1 aliphatic carbocycles. The van der Waals surface area contributed by atoms with Crippen LogP contribution in [0.2, 0.25) is 0 Å². The molecule has 3 nitrogen and oxygen atoms in total. The molecule has 28 heavy (non-hydrogen) atoms. The van der Waals surface area contributed by atoms with Crippen molar-refractivity contribution < 1.29 is 0 Å². The molecule has 2 aromatic carbocycles. The van der Waals surface area contributed by atoms with Gasteiger partial charge in [-0.25, -0.2) is 9.97 Å². The first-order valence-corrected chi connectivity index (χ1v) is 10.2. The Morgan fingerprint density at radius 1 is 0.964 bits per heavy atom. The predicted molar refractivity (Wildman–Crippen MR) is 117 cm³/mol. The highest BCUT2D eigenvalue weighted by Crippen LogP contribution is 2.51. The molecule has 0 N–H and O–H groups in total. The van der Waals surface area contributed by atoms with Crippen LogP contribution in [0.15, 0.2) is 36.7 Å². The van der Waals surface area contributed by atoms with Gasteiger partial charge in [-0.3, -0.25) is 4.40 Å². The van der Waals surface area contributed by atoms with Crippen LogP contribution in [-0.4, -0.2) is 14.4 Å². The van der Waals surface area contributed by atoms with Crippen molar-refractivity contribution in [3.05, 3.63) is 53.3 Å². The summed E-state index contributed by atoms with van der Waals surface area (Å²) in [6.45, 7) is 16.2. The fourth-order valence-corrected chi connectivity index (χ4v) is 5.61. The Balaban J connectivity index is 1.95. The van der Waals surface area contributed by atoms with E-state index in [0.29, 0.717) is 0 Å². The van der Waals surface area contributed by atoms with Crippen molar-refractivity contribution in [2.24, 2.45) is 0 Å². The SMILES string of the molecule is CC(C)(C)c1cccc2c1ncn1c2nc2ccc3c(c21)C(C)(C)CC3(C)C. The van der Waals surface area contributed by atoms with E-state index in [9.17, 15) is 0 Å². The van der Waals surface area contributed by atoms with Crippen molar-refractivity contribution in [1.82, 2.24) is 14.4 Å². The molecule has 0 amide bonds. The quantitative estimate of drug-likeness (QED) is 0.363. The highest BCUT2D eigenvalue weighted by Gasteiger charge is 2.43. The number of imidazole rings is 1. The molecule has 1 aliphatic rings. The molecule has 2 heterocycles. The Morgan fingerprint density at radius 3 is 2.43 bits per heavy atom. The van der Waals surface area contributed by atoms with E-state index in [-0.39, 0.29) is 16.2 Å². The minimum Gasteiger partial charge on any atom is -0.282 e. The molecule has 3 heteroatoms. The van der Waals surface area contributed by atoms with Crippen LogP contribution < -0.4 is 0 Å². The van der Waals surface area contributed by atoms with Gasteiger partial charge in [0.2, 0.25) is 0 Å². The lowest BCUT2D eigenvalue weighted by molar-refractivity contribution is 0.404. The van der Waals surface area contributed by atoms with E-state index in [1.54, 1.807) is 0 Å². The van der Waals surface area contributed by atoms with Gasteiger partial charge in [-0.1, -0.05) is 66.7 Å². The average molecular weight is 372 g/mol. The number of para-hydroxylation sites is 1. The first-order chi connectivity index (χ1) is 13.0. The maximum Gasteiger partial charge on any atom is 0.148 e. The summed E-state index contributed by atoms with van der Waals surface area (Å²) >= 11 is 0. The molecule has 0 aliphatic heterocycles. The number of benzene rings is 2. The summed E-state index contributed by atoms with van der Waals surface area (Å²) in [4.78, 5) is 10.0. The van der Waals surface area contributed by atoms with E-state index in [1.165, 1.54) is 22.2 Å². The number of hydrogen-bond donors (Lipinski definition) is 0. The second kappa shape index (κ2) is 5.14. The van der Waals surface area contributed by atoms with E-state index in [2.05, 4.69) is 83.2 Å². The molecular weight excluding hydrogens is 342 g/mol. The minimum atomic E-state index is 0.0458. The van der Waals surface area contributed by atoms with Crippen LogP contribution in [0.1, 0.15) is 71.6 Å². The Labute approximate surface area is 166 Å². The predicted octanol–water partition coefficient (Wildman–Crippen LogP) is 6.29. The van der Waals surface area contributed by atoms with Gasteiger partial charge in [-0.15, -0.1) is 0 Å². The summed E-state index contributed by atoms with van der Waals surface area (Å²) in [5.41, 5.74) is 8.89. The molecule has 0 spiro atoms. The summed E-state index contributed by atoms with van der Waals surface area (Å²) in [5.74, 6) is 0. The van der Waals surface area contributed by atoms with Crippen molar-refractivity contribution in [1.29, 1.82) is 0 Å². The Morgan fingerprint density at radius 2 is 1.71 bits per heavy atom. The molecule has 0 atom stereocenters. The van der Waals surface area contributed by atoms with Crippen LogP contribution in [-0.2, 0) is 16.2 Å². The molecule has 0 saturated carbocycles. The lowest BCUT2D eigenvalue weighted by Crippen LogP contribution is -2.18. The van der Waals surface area contributed by atoms with Gasteiger partial charge in [0, 0.05) is 5.39 Å². The highest BCUT2D eigenvalue weighted by molar-refractivity contribution is 5.99. The number of hydrogen-bond acceptors (Lipinski definition) is 2. The Kier molecular flexibility index (Phi) is 3.24. The first kappa shape index (κ1) is 17.7. The van der Waals surface area contributed by atoms with Crippen LogP contribution in [0.5, 0.6) is 0 Å². The maximum atomic E-state index is 5.08. The van der Waals surface area contributed by atoms with Crippen LogP contribution in [0.25, 0.3) is 27.6 Å². The summed E-state index contributed by atoms with van der Waals surface area (Å²) in [6.07, 6.45) is 3.14. The molecule has 0 fully saturated rings. The maximum absolute atomic E-state index is 5.08. The fraction of sp³-hybridized carbons (Fsp3) is 0.440. The summed E-state index contributed by atoms with van der Waals surface area (Å²) in [6, 6.07) is 11.0. The Bertz CT molecular complexity index is 1270. The monoisotopic (exact) mass is 371 g/mol. The van der Waals surface area contributed by atoms with Gasteiger partial charge in [0.05, 0.1) is 16.6 Å². The van der Waals surface area contributed by atoms with Crippen molar-refractivity contribution in [2.45, 2.75) is 71.1 Å². The molecular formula is C25H29N3. The van der Waals surface area contributed by atoms with Crippen molar-refractivity contribution in [2.75, 3.05) is 0 Å². The minimum absolute atomic E-state index is 0.0458. The average Bonchev–Trinajstić information content (AvgIpc) is 3.05. The zero-order valence-corrected chi connectivity index (χ0v) is 18.0. The molecule has 2 aromatic heterocycles. The third-order valence-corrected chi connectivity index (χ3v) is 6.53. The summed E-state index contributed by atoms with van der Waals surface area (Å²) < 4.78 is 2.23. The van der Waals surface area contributed by atoms with Gasteiger partial charge in [0.25, 0.3) is 0 Å². The molecule has 4 aromatic rings. The Hall–Kier alpha value is -2.42. The first-order valence-electron chi connectivity index (χ1n) is 10.2. The smallest absolute Gasteiger partial charge is 0.148 e. The van der Waals surface area contributed by atoms with Crippen LogP contribution in [0.4, 0.5) is 0 Å². The molecule has 0 unspecified atom stereocenters. The molecule has 0 bridgehead atoms. The van der Waals surface area contributed by atoms with Crippen LogP contribution in [0.3, 0.4) is 0 Å². The standard InChI is InChI=1S/C25H29N3/c1-23(2,3)17-10-8-9-15-20(17)26-14-28-21-18(27-22(15)28)12-11-16-19(21)25(6,7)13-24(16,4)5/h8-12,14H,13H2,1-7H3. The fourth-order valence-electron chi connectivity index (χ4n) is 5.61. The topological polar surface area (TPSA) is 30.2 Å². The van der Waals surface area contributed by atoms with Gasteiger partial charge in [0.1, 0.15) is 12.0 Å². The number of aromatic nitrogens is 3. The molecule has 0 radical (unpaired) electrons. The lowest BCUT2D eigenvalue weighted by atomic mass is 9.82. The second-order valence-electron chi connectivity index (χ2n) is 10.8. The zero-order chi connectivity index (χ0) is 20.1. The largest absolute Gasteiger partial charge is 0.282 e. The highest BCUT2D eigenvalue weighted by atomic mass is 15.1. The van der Waals surface area contributed by atoms with Gasteiger partial charge in [0.15, 0.2) is 0 Å². The number of fused-ring (bicyclic) bond motifs is 7. The molecule has 144 valence electrons. The third-order valence-electron chi connectivity index (χ3n) is 6.53. The van der Waals surface area contributed by atoms with E-state index >= 15 is 0 Å². The van der Waals surface area contributed by atoms with Crippen molar-refractivity contribution in [3.63, 3.8) is 0 Å². The van der Waals surface area contributed by atoms with E-state index < -0.39 is 0 Å². The van der Waals surface area contributed by atoms with Crippen molar-refractivity contribution in [3.8, 4) is 0 Å². The van der Waals surface area contributed by atoms with E-state index in [0.717, 1.165) is 28.5 Å². The number of nitrogens with zero attached hydrogens (tertiary/aromatic N) is 3. The second-order valence-corrected chi connectivity index (χ2v) is 10.8. The van der Waals surface area contributed by atoms with E-state index in [4.69, 9.17) is 9.97 Å². The van der Waals surface area contributed by atoms with Gasteiger partial charge in [-0.05, 0) is 51.5 Å². The van der Waals surface area contributed by atoms with Crippen LogP contribution in [0, 0.1) is 0 Å². The summed E-state index contributed by atoms with van der Waals surface area (Å²) in [5, 5.41) is 1.13. The number of rotatable bonds is 0. The molecule has 0 saturated heterocycles.